The van der Waals surface area contributed by atoms with Crippen molar-refractivity contribution in [3.63, 3.8) is 0 Å². The molecule has 16 heavy (non-hydrogen) atoms. The fourth-order valence-electron chi connectivity index (χ4n) is 1.11. The average Bonchev–Trinajstić information content (AvgIpc) is 2.26. The quantitative estimate of drug-likeness (QED) is 0.359. The predicted molar refractivity (Wildman–Crippen MR) is 54.7 cm³/mol. The Kier molecular flexibility index (Phi) is 4.04. The van der Waals surface area contributed by atoms with Crippen LogP contribution in [0.3, 0.4) is 0 Å². The first-order chi connectivity index (χ1) is 7.60. The molecule has 0 saturated carbocycles. The summed E-state index contributed by atoms with van der Waals surface area (Å²) in [6.45, 7) is 2.04. The van der Waals surface area contributed by atoms with Gasteiger partial charge in [0, 0.05) is 5.56 Å². The molecule has 1 rings (SSSR count). The van der Waals surface area contributed by atoms with E-state index in [1.165, 1.54) is 0 Å². The van der Waals surface area contributed by atoms with Crippen LogP contribution in [-0.2, 0) is 0 Å². The molecule has 4 nitrogen and oxygen atoms in total. The van der Waals surface area contributed by atoms with Gasteiger partial charge in [-0.2, -0.15) is 0 Å². The van der Waals surface area contributed by atoms with E-state index in [4.69, 9.17) is 15.7 Å². The van der Waals surface area contributed by atoms with Gasteiger partial charge in [-0.25, -0.2) is 8.78 Å². The van der Waals surface area contributed by atoms with Crippen molar-refractivity contribution >= 4 is 5.84 Å². The molecule has 0 fully saturated rings. The molecule has 0 bridgehead atoms. The van der Waals surface area contributed by atoms with E-state index in [-0.39, 0.29) is 18.0 Å². The van der Waals surface area contributed by atoms with E-state index in [9.17, 15) is 8.78 Å². The predicted octanol–water partition coefficient (Wildman–Crippen LogP) is 1.85. The number of nitrogens with zero attached hydrogens (tertiary/aromatic N) is 1. The van der Waals surface area contributed by atoms with Gasteiger partial charge in [0.1, 0.15) is 0 Å². The summed E-state index contributed by atoms with van der Waals surface area (Å²) >= 11 is 0. The van der Waals surface area contributed by atoms with Crippen molar-refractivity contribution in [2.75, 3.05) is 6.61 Å². The normalized spacial score (nSPS) is 11.6. The Morgan fingerprint density at radius 2 is 2.00 bits per heavy atom. The lowest BCUT2D eigenvalue weighted by atomic mass is 10.2. The molecule has 0 spiro atoms. The van der Waals surface area contributed by atoms with Gasteiger partial charge in [0.05, 0.1) is 6.61 Å². The minimum absolute atomic E-state index is 0.0404. The van der Waals surface area contributed by atoms with Crippen LogP contribution in [0.4, 0.5) is 8.78 Å². The lowest BCUT2D eigenvalue weighted by Crippen LogP contribution is -2.14. The third-order valence-electron chi connectivity index (χ3n) is 1.85. The van der Waals surface area contributed by atoms with E-state index in [0.717, 1.165) is 12.1 Å². The second-order valence-electron chi connectivity index (χ2n) is 3.10. The summed E-state index contributed by atoms with van der Waals surface area (Å²) in [6.07, 6.45) is 0.640. The highest BCUT2D eigenvalue weighted by Gasteiger charge is 2.14. The van der Waals surface area contributed by atoms with Crippen LogP contribution in [0.2, 0.25) is 0 Å². The number of halogens is 2. The number of rotatable bonds is 4. The van der Waals surface area contributed by atoms with Crippen molar-refractivity contribution in [3.05, 3.63) is 29.3 Å². The van der Waals surface area contributed by atoms with Crippen molar-refractivity contribution in [2.45, 2.75) is 13.3 Å². The lowest BCUT2D eigenvalue weighted by molar-refractivity contribution is 0.284. The molecule has 0 atom stereocenters. The van der Waals surface area contributed by atoms with Gasteiger partial charge in [-0.05, 0) is 18.6 Å². The van der Waals surface area contributed by atoms with Crippen molar-refractivity contribution in [3.8, 4) is 5.75 Å². The second-order valence-corrected chi connectivity index (χ2v) is 3.10. The van der Waals surface area contributed by atoms with Gasteiger partial charge < -0.3 is 15.7 Å². The molecule has 0 radical (unpaired) electrons. The largest absolute Gasteiger partial charge is 0.488 e. The smallest absolute Gasteiger partial charge is 0.190 e. The zero-order valence-electron chi connectivity index (χ0n) is 8.70. The van der Waals surface area contributed by atoms with Crippen molar-refractivity contribution in [1.29, 1.82) is 0 Å². The Bertz CT molecular complexity index is 385. The molecule has 3 N–H and O–H groups in total. The number of amidine groups is 1. The first-order valence-electron chi connectivity index (χ1n) is 4.69. The Morgan fingerprint density at radius 1 is 1.44 bits per heavy atom. The van der Waals surface area contributed by atoms with Gasteiger partial charge in [0.25, 0.3) is 0 Å². The fraction of sp³-hybridized carbons (Fsp3) is 0.300. The molecule has 88 valence electrons. The van der Waals surface area contributed by atoms with Gasteiger partial charge >= 0.3 is 0 Å². The van der Waals surface area contributed by atoms with Crippen LogP contribution in [-0.4, -0.2) is 17.6 Å². The number of hydrogen-bond acceptors (Lipinski definition) is 3. The SMILES string of the molecule is CCCOc1c(F)cc(C(N)=NO)cc1F. The first kappa shape index (κ1) is 12.2. The molecule has 6 heteroatoms. The summed E-state index contributed by atoms with van der Waals surface area (Å²) in [6, 6.07) is 1.90. The fourth-order valence-corrected chi connectivity index (χ4v) is 1.11. The topological polar surface area (TPSA) is 67.8 Å². The summed E-state index contributed by atoms with van der Waals surface area (Å²) < 4.78 is 31.6. The number of nitrogens with two attached hydrogens (primary N) is 1. The molecular weight excluding hydrogens is 218 g/mol. The summed E-state index contributed by atoms with van der Waals surface area (Å²) in [5, 5.41) is 11.0. The molecule has 0 aromatic heterocycles. The van der Waals surface area contributed by atoms with Gasteiger partial charge in [0.2, 0.25) is 0 Å². The molecular formula is C10H12F2N2O2. The van der Waals surface area contributed by atoms with Gasteiger partial charge in [-0.15, -0.1) is 0 Å². The van der Waals surface area contributed by atoms with E-state index in [1.807, 2.05) is 6.92 Å². The molecule has 1 aromatic carbocycles. The third-order valence-corrected chi connectivity index (χ3v) is 1.85. The molecule has 0 aliphatic carbocycles. The number of benzene rings is 1. The minimum atomic E-state index is -0.880. The maximum atomic E-state index is 13.4. The van der Waals surface area contributed by atoms with E-state index >= 15 is 0 Å². The van der Waals surface area contributed by atoms with Crippen LogP contribution >= 0.6 is 0 Å². The highest BCUT2D eigenvalue weighted by molar-refractivity contribution is 5.97. The maximum Gasteiger partial charge on any atom is 0.190 e. The Labute approximate surface area is 91.3 Å². The van der Waals surface area contributed by atoms with Crippen molar-refractivity contribution in [1.82, 2.24) is 0 Å². The summed E-state index contributed by atoms with van der Waals surface area (Å²) in [5.41, 5.74) is 5.17. The molecule has 0 heterocycles. The maximum absolute atomic E-state index is 13.4. The molecule has 0 aliphatic heterocycles. The van der Waals surface area contributed by atoms with Crippen molar-refractivity contribution in [2.24, 2.45) is 10.9 Å². The average molecular weight is 230 g/mol. The van der Waals surface area contributed by atoms with Gasteiger partial charge in [-0.1, -0.05) is 12.1 Å². The number of hydrogen-bond donors (Lipinski definition) is 2. The van der Waals surface area contributed by atoms with Crippen LogP contribution in [0.5, 0.6) is 5.75 Å². The Morgan fingerprint density at radius 3 is 2.44 bits per heavy atom. The van der Waals surface area contributed by atoms with E-state index in [0.29, 0.717) is 6.42 Å². The molecule has 0 unspecified atom stereocenters. The minimum Gasteiger partial charge on any atom is -0.488 e. The standard InChI is InChI=1S/C10H12F2N2O2/c1-2-3-16-9-7(11)4-6(5-8(9)12)10(13)14-15/h4-5,15H,2-3H2,1H3,(H2,13,14). The molecule has 1 aromatic rings. The second kappa shape index (κ2) is 5.29. The molecule has 0 amide bonds. The highest BCUT2D eigenvalue weighted by atomic mass is 19.1. The van der Waals surface area contributed by atoms with Crippen LogP contribution < -0.4 is 10.5 Å². The van der Waals surface area contributed by atoms with E-state index in [1.54, 1.807) is 0 Å². The summed E-state index contributed by atoms with van der Waals surface area (Å²) in [7, 11) is 0. The lowest BCUT2D eigenvalue weighted by Gasteiger charge is -2.08. The van der Waals surface area contributed by atoms with Crippen LogP contribution in [0, 0.1) is 11.6 Å². The molecule has 0 aliphatic rings. The monoisotopic (exact) mass is 230 g/mol. The van der Waals surface area contributed by atoms with Gasteiger partial charge in [-0.3, -0.25) is 0 Å². The Balaban J connectivity index is 3.07. The van der Waals surface area contributed by atoms with Crippen LogP contribution in [0.25, 0.3) is 0 Å². The zero-order chi connectivity index (χ0) is 12.1. The van der Waals surface area contributed by atoms with E-state index in [2.05, 4.69) is 5.16 Å². The highest BCUT2D eigenvalue weighted by Crippen LogP contribution is 2.23. The first-order valence-corrected chi connectivity index (χ1v) is 4.69. The zero-order valence-corrected chi connectivity index (χ0v) is 8.70. The van der Waals surface area contributed by atoms with Crippen LogP contribution in [0.1, 0.15) is 18.9 Å². The molecule has 0 saturated heterocycles. The summed E-state index contributed by atoms with van der Waals surface area (Å²) in [4.78, 5) is 0. The van der Waals surface area contributed by atoms with Gasteiger partial charge in [0.15, 0.2) is 23.2 Å². The number of ether oxygens (including phenoxy) is 1. The summed E-state index contributed by atoms with van der Waals surface area (Å²) in [5.74, 6) is -2.57. The van der Waals surface area contributed by atoms with E-state index < -0.39 is 17.4 Å². The third kappa shape index (κ3) is 2.59. The number of oxime groups is 1. The van der Waals surface area contributed by atoms with Crippen molar-refractivity contribution < 1.29 is 18.7 Å². The van der Waals surface area contributed by atoms with Crippen LogP contribution in [0.15, 0.2) is 17.3 Å². The Hall–Kier alpha value is -1.85.